The third-order valence-corrected chi connectivity index (χ3v) is 9.86. The van der Waals surface area contributed by atoms with Crippen molar-refractivity contribution in [1.82, 2.24) is 15.0 Å². The van der Waals surface area contributed by atoms with Crippen LogP contribution in [0.4, 0.5) is 0 Å². The first-order valence-electron chi connectivity index (χ1n) is 17.6. The topological polar surface area (TPSA) is 51.8 Å². The Morgan fingerprint density at radius 1 is 0.627 bits per heavy atom. The molecule has 0 N–H and O–H groups in total. The minimum absolute atomic E-state index is 0. The van der Waals surface area contributed by atoms with Crippen LogP contribution < -0.4 is 0 Å². The number of fused-ring (bicyclic) bond motifs is 3. The maximum absolute atomic E-state index is 6.39. The number of hydrogen-bond donors (Lipinski definition) is 0. The van der Waals surface area contributed by atoms with Crippen molar-refractivity contribution in [1.29, 1.82) is 0 Å². The van der Waals surface area contributed by atoms with Crippen LogP contribution in [0.5, 0.6) is 0 Å². The van der Waals surface area contributed by atoms with E-state index < -0.39 is 0 Å². The van der Waals surface area contributed by atoms with Gasteiger partial charge in [-0.25, -0.2) is 4.98 Å². The fourth-order valence-corrected chi connectivity index (χ4v) is 7.14. The summed E-state index contributed by atoms with van der Waals surface area (Å²) in [7, 11) is 0. The molecule has 7 rings (SSSR count). The smallest absolute Gasteiger partial charge is 0.216 e. The van der Waals surface area contributed by atoms with E-state index in [4.69, 9.17) is 14.4 Å². The standard InChI is InChI=1S/C32H33N2O.C14H14N.Ir/c1-18(2)29(19(3)4)26-17-33-28(16-22(26)7)25-13-9-12-23-24-14-15-27(34-32(24)35-31(23)25)30-20(5)10-8-11-21(30)6;1-10-4-6-13(7-5-10)14-8-11(2)12(3)9-15-14;/h8-12,14-19,29H,1-7H3;4-6,8-9H,1-3H3;/q2*-1;. The van der Waals surface area contributed by atoms with Gasteiger partial charge in [0.15, 0.2) is 0 Å². The largest absolute Gasteiger partial charge is 0.486 e. The van der Waals surface area contributed by atoms with E-state index in [2.05, 4.69) is 153 Å². The summed E-state index contributed by atoms with van der Waals surface area (Å²) in [6.07, 6.45) is 3.97. The molecule has 1 radical (unpaired) electrons. The van der Waals surface area contributed by atoms with Crippen molar-refractivity contribution in [3.63, 3.8) is 0 Å². The van der Waals surface area contributed by atoms with Crippen LogP contribution in [0, 0.1) is 65.5 Å². The Morgan fingerprint density at radius 3 is 1.94 bits per heavy atom. The molecule has 263 valence electrons. The van der Waals surface area contributed by atoms with Gasteiger partial charge in [-0.15, -0.1) is 53.6 Å². The summed E-state index contributed by atoms with van der Waals surface area (Å²) in [5.74, 6) is 1.60. The number of hydrogen-bond acceptors (Lipinski definition) is 4. The Balaban J connectivity index is 0.000000264. The van der Waals surface area contributed by atoms with Crippen molar-refractivity contribution in [3.8, 4) is 33.8 Å². The van der Waals surface area contributed by atoms with Gasteiger partial charge in [0.25, 0.3) is 0 Å². The first-order valence-corrected chi connectivity index (χ1v) is 17.6. The number of nitrogens with zero attached hydrogens (tertiary/aromatic N) is 3. The number of aromatic nitrogens is 3. The van der Waals surface area contributed by atoms with Crippen LogP contribution >= 0.6 is 0 Å². The molecule has 0 fully saturated rings. The molecular formula is C46H47IrN3O-2. The van der Waals surface area contributed by atoms with Crippen molar-refractivity contribution >= 4 is 22.1 Å². The first-order chi connectivity index (χ1) is 23.9. The molecule has 0 saturated carbocycles. The molecule has 4 heterocycles. The Morgan fingerprint density at radius 2 is 1.31 bits per heavy atom. The van der Waals surface area contributed by atoms with Crippen LogP contribution in [0.15, 0.2) is 89.6 Å². The second kappa shape index (κ2) is 15.8. The maximum Gasteiger partial charge on any atom is 0.216 e. The molecule has 0 aliphatic heterocycles. The third-order valence-electron chi connectivity index (χ3n) is 9.86. The van der Waals surface area contributed by atoms with Crippen molar-refractivity contribution < 1.29 is 24.5 Å². The molecule has 0 spiro atoms. The van der Waals surface area contributed by atoms with Crippen molar-refractivity contribution in [2.75, 3.05) is 0 Å². The number of rotatable bonds is 6. The minimum Gasteiger partial charge on any atom is -0.486 e. The quantitative estimate of drug-likeness (QED) is 0.156. The van der Waals surface area contributed by atoms with Crippen LogP contribution in [0.3, 0.4) is 0 Å². The summed E-state index contributed by atoms with van der Waals surface area (Å²) in [6, 6.07) is 31.6. The fraction of sp³-hybridized carbons (Fsp3) is 0.283. The van der Waals surface area contributed by atoms with E-state index in [0.29, 0.717) is 23.5 Å². The molecule has 7 aromatic rings. The van der Waals surface area contributed by atoms with Crippen LogP contribution in [0.25, 0.3) is 55.8 Å². The maximum atomic E-state index is 6.39. The fourth-order valence-electron chi connectivity index (χ4n) is 7.14. The molecule has 0 aliphatic rings. The van der Waals surface area contributed by atoms with Crippen LogP contribution in [-0.2, 0) is 20.1 Å². The van der Waals surface area contributed by atoms with Crippen LogP contribution in [0.2, 0.25) is 0 Å². The van der Waals surface area contributed by atoms with E-state index >= 15 is 0 Å². The summed E-state index contributed by atoms with van der Waals surface area (Å²) in [6.45, 7) is 21.9. The molecule has 3 aromatic carbocycles. The average Bonchev–Trinajstić information content (AvgIpc) is 3.45. The van der Waals surface area contributed by atoms with Crippen LogP contribution in [-0.4, -0.2) is 15.0 Å². The number of furan rings is 1. The Hall–Kier alpha value is -4.44. The van der Waals surface area contributed by atoms with E-state index in [0.717, 1.165) is 44.6 Å². The van der Waals surface area contributed by atoms with Gasteiger partial charge in [0.2, 0.25) is 5.71 Å². The molecular weight excluding hydrogens is 803 g/mol. The summed E-state index contributed by atoms with van der Waals surface area (Å²) in [5.41, 5.74) is 16.1. The van der Waals surface area contributed by atoms with Crippen molar-refractivity contribution in [2.45, 2.75) is 75.2 Å². The molecule has 4 aromatic heterocycles. The summed E-state index contributed by atoms with van der Waals surface area (Å²) in [4.78, 5) is 14.2. The van der Waals surface area contributed by atoms with Gasteiger partial charge in [0.1, 0.15) is 0 Å². The molecule has 5 heteroatoms. The molecule has 0 atom stereocenters. The molecule has 4 nitrogen and oxygen atoms in total. The Bertz CT molecular complexity index is 2270. The summed E-state index contributed by atoms with van der Waals surface area (Å²) >= 11 is 0. The van der Waals surface area contributed by atoms with E-state index in [1.807, 2.05) is 18.3 Å². The second-order valence-electron chi connectivity index (χ2n) is 14.4. The zero-order valence-corrected chi connectivity index (χ0v) is 33.8. The van der Waals surface area contributed by atoms with Gasteiger partial charge in [0, 0.05) is 43.4 Å². The van der Waals surface area contributed by atoms with Gasteiger partial charge in [-0.2, -0.15) is 0 Å². The summed E-state index contributed by atoms with van der Waals surface area (Å²) < 4.78 is 6.39. The Labute approximate surface area is 317 Å². The number of pyridine rings is 3. The van der Waals surface area contributed by atoms with E-state index in [9.17, 15) is 0 Å². The molecule has 0 aliphatic carbocycles. The second-order valence-corrected chi connectivity index (χ2v) is 14.4. The van der Waals surface area contributed by atoms with Crippen molar-refractivity contribution in [2.24, 2.45) is 11.8 Å². The predicted molar refractivity (Wildman–Crippen MR) is 208 cm³/mol. The van der Waals surface area contributed by atoms with Gasteiger partial charge >= 0.3 is 0 Å². The number of benzene rings is 3. The zero-order valence-electron chi connectivity index (χ0n) is 31.4. The van der Waals surface area contributed by atoms with Crippen LogP contribution in [0.1, 0.15) is 72.6 Å². The summed E-state index contributed by atoms with van der Waals surface area (Å²) in [5, 5.41) is 2.05. The SMILES string of the molecule is Cc1c[c-]c(-c2cc(C)c(C)cn2)cc1.Cc1cc(-c2[c-]ccc3c2oc2nc(-c4c(C)cccc4C)ccc23)ncc1C(C(C)C)C(C)C.[Ir]. The molecule has 51 heavy (non-hydrogen) atoms. The van der Waals surface area contributed by atoms with Gasteiger partial charge < -0.3 is 14.4 Å². The normalized spacial score (nSPS) is 11.3. The Kier molecular flexibility index (Phi) is 11.7. The molecule has 0 bridgehead atoms. The van der Waals surface area contributed by atoms with E-state index in [1.165, 1.54) is 44.5 Å². The zero-order chi connectivity index (χ0) is 35.7. The molecule has 0 unspecified atom stereocenters. The minimum atomic E-state index is 0. The van der Waals surface area contributed by atoms with Gasteiger partial charge in [-0.3, -0.25) is 0 Å². The molecule has 0 amide bonds. The van der Waals surface area contributed by atoms with E-state index in [-0.39, 0.29) is 20.1 Å². The average molecular weight is 850 g/mol. The molecule has 0 saturated heterocycles. The van der Waals surface area contributed by atoms with Gasteiger partial charge in [0.05, 0.1) is 11.3 Å². The predicted octanol–water partition coefficient (Wildman–Crippen LogP) is 12.3. The van der Waals surface area contributed by atoms with E-state index in [1.54, 1.807) is 0 Å². The number of aryl methyl sites for hydroxylation is 6. The van der Waals surface area contributed by atoms with Gasteiger partial charge in [-0.1, -0.05) is 87.0 Å². The third kappa shape index (κ3) is 7.91. The first kappa shape index (κ1) is 37.8. The van der Waals surface area contributed by atoms with Crippen molar-refractivity contribution in [3.05, 3.63) is 136 Å². The monoisotopic (exact) mass is 850 g/mol. The van der Waals surface area contributed by atoms with Gasteiger partial charge in [-0.05, 0) is 98.1 Å².